The normalized spacial score (nSPS) is 11.5. The molecule has 242 valence electrons. The van der Waals surface area contributed by atoms with Crippen LogP contribution in [0.4, 0.5) is 0 Å². The maximum Gasteiger partial charge on any atom is 0.0491 e. The lowest BCUT2D eigenvalue weighted by molar-refractivity contribution is 1.40. The average molecular weight is 704 g/mol. The van der Waals surface area contributed by atoms with Gasteiger partial charge in [-0.1, -0.05) is 165 Å². The molecule has 0 fully saturated rings. The van der Waals surface area contributed by atoms with Gasteiger partial charge in [0.2, 0.25) is 0 Å². The van der Waals surface area contributed by atoms with Crippen molar-refractivity contribution in [2.45, 2.75) is 55.4 Å². The fourth-order valence-corrected chi connectivity index (χ4v) is 13.5. The summed E-state index contributed by atoms with van der Waals surface area (Å²) < 4.78 is 0. The van der Waals surface area contributed by atoms with Crippen LogP contribution in [0.25, 0.3) is 11.1 Å². The molecule has 4 heteroatoms. The monoisotopic (exact) mass is 702 g/mol. The molecule has 6 rings (SSSR count). The Morgan fingerprint density at radius 2 is 0.562 bits per heavy atom. The number of rotatable bonds is 7. The SMILES string of the molecule is Cc1cc(C)cc(P(c2cc(C)cc(C)c2)c2cccc(Cl)c2-c2c(Cl)cccc2P(c2cc(C)cc(C)c2)c2cc(C)cc(C)c2)c1. The third-order valence-corrected chi connectivity index (χ3v) is 14.0. The molecule has 0 saturated carbocycles. The van der Waals surface area contributed by atoms with E-state index in [0.717, 1.165) is 21.2 Å². The topological polar surface area (TPSA) is 0 Å². The van der Waals surface area contributed by atoms with Crippen LogP contribution < -0.4 is 31.8 Å². The predicted molar refractivity (Wildman–Crippen MR) is 217 cm³/mol. The minimum atomic E-state index is -0.980. The lowest BCUT2D eigenvalue weighted by Crippen LogP contribution is -2.27. The molecule has 0 spiro atoms. The molecule has 0 aliphatic carbocycles. The quantitative estimate of drug-likeness (QED) is 0.145. The molecule has 6 aromatic carbocycles. The van der Waals surface area contributed by atoms with Crippen LogP contribution in [-0.4, -0.2) is 0 Å². The van der Waals surface area contributed by atoms with Gasteiger partial charge in [-0.2, -0.15) is 0 Å². The molecule has 0 aliphatic rings. The largest absolute Gasteiger partial charge is 0.0836 e. The Morgan fingerprint density at radius 1 is 0.333 bits per heavy atom. The van der Waals surface area contributed by atoms with Gasteiger partial charge in [0, 0.05) is 21.2 Å². The molecule has 0 bridgehead atoms. The third kappa shape index (κ3) is 7.34. The number of aryl methyl sites for hydroxylation is 8. The first kappa shape index (κ1) is 34.6. The molecular formula is C44H42Cl2P2. The Hall–Kier alpha value is -3.24. The zero-order valence-electron chi connectivity index (χ0n) is 29.0. The van der Waals surface area contributed by atoms with E-state index in [1.807, 2.05) is 12.1 Å². The highest BCUT2D eigenvalue weighted by atomic mass is 35.5. The summed E-state index contributed by atoms with van der Waals surface area (Å²) >= 11 is 14.8. The number of hydrogen-bond acceptors (Lipinski definition) is 0. The summed E-state index contributed by atoms with van der Waals surface area (Å²) in [5, 5.41) is 9.14. The lowest BCUT2D eigenvalue weighted by atomic mass is 10.1. The van der Waals surface area contributed by atoms with Crippen LogP contribution in [-0.2, 0) is 0 Å². The van der Waals surface area contributed by atoms with Gasteiger partial charge >= 0.3 is 0 Å². The Morgan fingerprint density at radius 3 is 0.792 bits per heavy atom. The number of halogens is 2. The second-order valence-corrected chi connectivity index (χ2v) is 18.5. The molecule has 0 N–H and O–H groups in total. The summed E-state index contributed by atoms with van der Waals surface area (Å²) in [6.45, 7) is 17.5. The fraction of sp³-hybridized carbons (Fsp3) is 0.182. The van der Waals surface area contributed by atoms with Crippen molar-refractivity contribution in [3.8, 4) is 11.1 Å². The summed E-state index contributed by atoms with van der Waals surface area (Å²) in [6.07, 6.45) is 0. The minimum Gasteiger partial charge on any atom is -0.0836 e. The van der Waals surface area contributed by atoms with Gasteiger partial charge in [-0.25, -0.2) is 0 Å². The molecule has 0 aliphatic heterocycles. The third-order valence-electron chi connectivity index (χ3n) is 8.57. The minimum absolute atomic E-state index is 0.721. The highest BCUT2D eigenvalue weighted by Crippen LogP contribution is 2.46. The summed E-state index contributed by atoms with van der Waals surface area (Å²) in [7, 11) is -1.96. The van der Waals surface area contributed by atoms with E-state index in [2.05, 4.69) is 152 Å². The van der Waals surface area contributed by atoms with Gasteiger partial charge in [-0.05, 0) is 115 Å². The highest BCUT2D eigenvalue weighted by Gasteiger charge is 2.29. The second kappa shape index (κ2) is 14.3. The second-order valence-electron chi connectivity index (χ2n) is 13.3. The first-order valence-corrected chi connectivity index (χ1v) is 19.8. The molecule has 0 saturated heterocycles. The molecule has 0 atom stereocenters. The predicted octanol–water partition coefficient (Wildman–Crippen LogP) is 10.6. The van der Waals surface area contributed by atoms with Crippen molar-refractivity contribution in [3.63, 3.8) is 0 Å². The molecule has 0 amide bonds. The van der Waals surface area contributed by atoms with E-state index < -0.39 is 15.8 Å². The molecule has 0 heterocycles. The van der Waals surface area contributed by atoms with E-state index in [4.69, 9.17) is 23.2 Å². The van der Waals surface area contributed by atoms with Crippen molar-refractivity contribution < 1.29 is 0 Å². The molecule has 48 heavy (non-hydrogen) atoms. The van der Waals surface area contributed by atoms with Crippen LogP contribution in [0.3, 0.4) is 0 Å². The van der Waals surface area contributed by atoms with Gasteiger partial charge in [0.15, 0.2) is 0 Å². The lowest BCUT2D eigenvalue weighted by Gasteiger charge is -2.28. The van der Waals surface area contributed by atoms with Crippen LogP contribution in [0.1, 0.15) is 44.5 Å². The molecule has 0 unspecified atom stereocenters. The maximum atomic E-state index is 7.41. The van der Waals surface area contributed by atoms with Crippen LogP contribution >= 0.6 is 39.0 Å². The number of hydrogen-bond donors (Lipinski definition) is 0. The molecule has 0 nitrogen and oxygen atoms in total. The van der Waals surface area contributed by atoms with Gasteiger partial charge in [-0.15, -0.1) is 0 Å². The first-order valence-electron chi connectivity index (χ1n) is 16.4. The van der Waals surface area contributed by atoms with Gasteiger partial charge < -0.3 is 0 Å². The first-order chi connectivity index (χ1) is 22.9. The summed E-state index contributed by atoms with van der Waals surface area (Å²) in [5.74, 6) is 0. The number of benzene rings is 6. The smallest absolute Gasteiger partial charge is 0.0491 e. The zero-order valence-corrected chi connectivity index (χ0v) is 32.3. The maximum absolute atomic E-state index is 7.41. The van der Waals surface area contributed by atoms with E-state index in [-0.39, 0.29) is 0 Å². The van der Waals surface area contributed by atoms with Crippen LogP contribution in [0.5, 0.6) is 0 Å². The van der Waals surface area contributed by atoms with Crippen molar-refractivity contribution in [2.75, 3.05) is 0 Å². The van der Waals surface area contributed by atoms with Crippen LogP contribution in [0, 0.1) is 55.4 Å². The van der Waals surface area contributed by atoms with E-state index in [0.29, 0.717) is 0 Å². The van der Waals surface area contributed by atoms with E-state index in [9.17, 15) is 0 Å². The van der Waals surface area contributed by atoms with Crippen molar-refractivity contribution >= 4 is 70.9 Å². The van der Waals surface area contributed by atoms with Crippen LogP contribution in [0.2, 0.25) is 10.0 Å². The van der Waals surface area contributed by atoms with Crippen molar-refractivity contribution in [2.24, 2.45) is 0 Å². The van der Waals surface area contributed by atoms with E-state index >= 15 is 0 Å². The molecular weight excluding hydrogens is 661 g/mol. The Kier molecular flexibility index (Phi) is 10.3. The van der Waals surface area contributed by atoms with Crippen molar-refractivity contribution in [3.05, 3.63) is 164 Å². The molecule has 0 radical (unpaired) electrons. The summed E-state index contributed by atoms with van der Waals surface area (Å²) in [6, 6.07) is 40.7. The van der Waals surface area contributed by atoms with Gasteiger partial charge in [0.05, 0.1) is 0 Å². The molecule has 0 aromatic heterocycles. The van der Waals surface area contributed by atoms with E-state index in [1.165, 1.54) is 76.3 Å². The average Bonchev–Trinajstić information content (AvgIpc) is 2.96. The highest BCUT2D eigenvalue weighted by molar-refractivity contribution is 7.80. The fourth-order valence-electron chi connectivity index (χ4n) is 7.07. The zero-order chi connectivity index (χ0) is 34.3. The van der Waals surface area contributed by atoms with Crippen molar-refractivity contribution in [1.29, 1.82) is 0 Å². The summed E-state index contributed by atoms with van der Waals surface area (Å²) in [5.41, 5.74) is 12.2. The van der Waals surface area contributed by atoms with Gasteiger partial charge in [0.25, 0.3) is 0 Å². The van der Waals surface area contributed by atoms with Gasteiger partial charge in [-0.3, -0.25) is 0 Å². The summed E-state index contributed by atoms with van der Waals surface area (Å²) in [4.78, 5) is 0. The van der Waals surface area contributed by atoms with Crippen molar-refractivity contribution in [1.82, 2.24) is 0 Å². The Bertz CT molecular complexity index is 1820. The van der Waals surface area contributed by atoms with Crippen LogP contribution in [0.15, 0.2) is 109 Å². The van der Waals surface area contributed by atoms with E-state index in [1.54, 1.807) is 0 Å². The van der Waals surface area contributed by atoms with Gasteiger partial charge in [0.1, 0.15) is 0 Å². The Balaban J connectivity index is 1.71. The standard InChI is InChI=1S/C44H42Cl2P2/c1-27-15-28(2)20-35(19-27)47(36-21-29(3)16-30(4)22-36)41-13-9-11-39(45)43(41)44-40(46)12-10-14-42(44)48(37-23-31(5)17-32(6)24-37)38-25-33(7)18-34(8)26-38/h9-26H,1-8H3. The molecule has 6 aromatic rings. The Labute approximate surface area is 299 Å².